The number of nitrogens with one attached hydrogen (secondary N) is 1. The van der Waals surface area contributed by atoms with E-state index in [-0.39, 0.29) is 0 Å². The average molecular weight is 297 g/mol. The molecule has 2 heteroatoms. The first kappa shape index (κ1) is 16.4. The first-order chi connectivity index (χ1) is 10.5. The minimum atomic E-state index is 0.550. The highest BCUT2D eigenvalue weighted by Gasteiger charge is 2.04. The Bertz CT molecular complexity index is 591. The molecule has 22 heavy (non-hydrogen) atoms. The smallest absolute Gasteiger partial charge is 0.119 e. The first-order valence-electron chi connectivity index (χ1n) is 7.99. The van der Waals surface area contributed by atoms with E-state index in [0.717, 1.165) is 18.9 Å². The lowest BCUT2D eigenvalue weighted by Gasteiger charge is -2.14. The van der Waals surface area contributed by atoms with Crippen LogP contribution in [-0.4, -0.2) is 6.61 Å². The van der Waals surface area contributed by atoms with Gasteiger partial charge in [-0.05, 0) is 55.5 Å². The fraction of sp³-hybridized carbons (Fsp3) is 0.400. The van der Waals surface area contributed by atoms with Crippen LogP contribution < -0.4 is 10.1 Å². The van der Waals surface area contributed by atoms with Crippen LogP contribution in [0.3, 0.4) is 0 Å². The van der Waals surface area contributed by atoms with E-state index in [1.165, 1.54) is 27.9 Å². The third kappa shape index (κ3) is 4.52. The van der Waals surface area contributed by atoms with Crippen molar-refractivity contribution in [3.8, 4) is 5.75 Å². The van der Waals surface area contributed by atoms with Crippen molar-refractivity contribution in [1.82, 2.24) is 0 Å². The van der Waals surface area contributed by atoms with Crippen LogP contribution in [-0.2, 0) is 6.54 Å². The summed E-state index contributed by atoms with van der Waals surface area (Å²) in [6.07, 6.45) is 0. The predicted molar refractivity (Wildman–Crippen MR) is 94.8 cm³/mol. The van der Waals surface area contributed by atoms with Crippen LogP contribution in [0.25, 0.3) is 0 Å². The average Bonchev–Trinajstić information content (AvgIpc) is 2.45. The lowest BCUT2D eigenvalue weighted by molar-refractivity contribution is 0.271. The van der Waals surface area contributed by atoms with E-state index in [9.17, 15) is 0 Å². The van der Waals surface area contributed by atoms with E-state index < -0.39 is 0 Å². The summed E-state index contributed by atoms with van der Waals surface area (Å²) >= 11 is 0. The lowest BCUT2D eigenvalue weighted by Crippen LogP contribution is -2.05. The molecule has 0 aliphatic heterocycles. The molecule has 0 saturated heterocycles. The van der Waals surface area contributed by atoms with Crippen LogP contribution in [0.5, 0.6) is 5.75 Å². The number of hydrogen-bond acceptors (Lipinski definition) is 2. The zero-order chi connectivity index (χ0) is 16.1. The molecule has 0 radical (unpaired) electrons. The van der Waals surface area contributed by atoms with E-state index in [4.69, 9.17) is 4.74 Å². The number of benzene rings is 2. The van der Waals surface area contributed by atoms with Crippen LogP contribution in [0.2, 0.25) is 0 Å². The quantitative estimate of drug-likeness (QED) is 0.785. The molecule has 0 spiro atoms. The van der Waals surface area contributed by atoms with Gasteiger partial charge in [0, 0.05) is 12.2 Å². The van der Waals surface area contributed by atoms with Gasteiger partial charge >= 0.3 is 0 Å². The van der Waals surface area contributed by atoms with Crippen molar-refractivity contribution >= 4 is 5.69 Å². The Balaban J connectivity index is 1.97. The first-order valence-corrected chi connectivity index (χ1v) is 7.99. The van der Waals surface area contributed by atoms with E-state index in [2.05, 4.69) is 64.2 Å². The minimum absolute atomic E-state index is 0.550. The Labute approximate surface area is 134 Å². The number of anilines is 1. The summed E-state index contributed by atoms with van der Waals surface area (Å²) in [5, 5.41) is 3.55. The van der Waals surface area contributed by atoms with Gasteiger partial charge in [-0.3, -0.25) is 0 Å². The number of ether oxygens (including phenoxy) is 1. The molecule has 0 unspecified atom stereocenters. The summed E-state index contributed by atoms with van der Waals surface area (Å²) < 4.78 is 5.72. The number of aryl methyl sites for hydroxylation is 3. The Morgan fingerprint density at radius 2 is 1.55 bits per heavy atom. The highest BCUT2D eigenvalue weighted by molar-refractivity contribution is 5.58. The van der Waals surface area contributed by atoms with Crippen LogP contribution in [0.1, 0.15) is 36.1 Å². The second kappa shape index (κ2) is 7.35. The molecule has 0 bridgehead atoms. The van der Waals surface area contributed by atoms with Crippen molar-refractivity contribution in [2.75, 3.05) is 11.9 Å². The normalized spacial score (nSPS) is 10.8. The third-order valence-electron chi connectivity index (χ3n) is 3.65. The zero-order valence-corrected chi connectivity index (χ0v) is 14.4. The summed E-state index contributed by atoms with van der Waals surface area (Å²) in [5.41, 5.74) is 6.41. The largest absolute Gasteiger partial charge is 0.493 e. The maximum atomic E-state index is 5.72. The molecule has 0 atom stereocenters. The summed E-state index contributed by atoms with van der Waals surface area (Å²) in [7, 11) is 0. The zero-order valence-electron chi connectivity index (χ0n) is 14.4. The molecule has 0 aliphatic carbocycles. The van der Waals surface area contributed by atoms with Gasteiger partial charge in [0.05, 0.1) is 6.61 Å². The molecule has 118 valence electrons. The second-order valence-electron chi connectivity index (χ2n) is 6.48. The monoisotopic (exact) mass is 297 g/mol. The Kier molecular flexibility index (Phi) is 5.48. The van der Waals surface area contributed by atoms with Gasteiger partial charge in [0.15, 0.2) is 0 Å². The molecule has 1 N–H and O–H groups in total. The van der Waals surface area contributed by atoms with Crippen molar-refractivity contribution in [3.05, 3.63) is 58.7 Å². The van der Waals surface area contributed by atoms with Gasteiger partial charge in [-0.25, -0.2) is 0 Å². The highest BCUT2D eigenvalue weighted by atomic mass is 16.5. The van der Waals surface area contributed by atoms with Gasteiger partial charge < -0.3 is 10.1 Å². The molecule has 2 rings (SSSR count). The van der Waals surface area contributed by atoms with Crippen molar-refractivity contribution in [1.29, 1.82) is 0 Å². The number of rotatable bonds is 6. The highest BCUT2D eigenvalue weighted by Crippen LogP contribution is 2.23. The van der Waals surface area contributed by atoms with E-state index in [0.29, 0.717) is 5.92 Å². The van der Waals surface area contributed by atoms with E-state index in [1.54, 1.807) is 0 Å². The molecule has 0 saturated carbocycles. The SMILES string of the molecule is Cc1cc(C)c(NCc2ccc(OCC(C)C)cc2)c(C)c1. The van der Waals surface area contributed by atoms with E-state index in [1.807, 2.05) is 12.1 Å². The third-order valence-corrected chi connectivity index (χ3v) is 3.65. The fourth-order valence-corrected chi connectivity index (χ4v) is 2.62. The van der Waals surface area contributed by atoms with Crippen LogP contribution in [0.4, 0.5) is 5.69 Å². The van der Waals surface area contributed by atoms with Gasteiger partial charge in [0.25, 0.3) is 0 Å². The Hall–Kier alpha value is -1.96. The molecule has 2 aromatic carbocycles. The van der Waals surface area contributed by atoms with Gasteiger partial charge in [-0.1, -0.05) is 43.7 Å². The second-order valence-corrected chi connectivity index (χ2v) is 6.48. The topological polar surface area (TPSA) is 21.3 Å². The molecule has 0 aromatic heterocycles. The Morgan fingerprint density at radius 1 is 0.955 bits per heavy atom. The molecule has 2 nitrogen and oxygen atoms in total. The van der Waals surface area contributed by atoms with Crippen molar-refractivity contribution < 1.29 is 4.74 Å². The molecular formula is C20H27NO. The predicted octanol–water partition coefficient (Wildman–Crippen LogP) is 5.26. The van der Waals surface area contributed by atoms with Crippen molar-refractivity contribution in [2.45, 2.75) is 41.2 Å². The summed E-state index contributed by atoms with van der Waals surface area (Å²) in [6.45, 7) is 12.4. The van der Waals surface area contributed by atoms with Crippen LogP contribution in [0, 0.1) is 26.7 Å². The van der Waals surface area contributed by atoms with Gasteiger partial charge in [-0.2, -0.15) is 0 Å². The molecule has 0 fully saturated rings. The van der Waals surface area contributed by atoms with Gasteiger partial charge in [0.2, 0.25) is 0 Å². The fourth-order valence-electron chi connectivity index (χ4n) is 2.62. The van der Waals surface area contributed by atoms with Gasteiger partial charge in [0.1, 0.15) is 5.75 Å². The number of hydrogen-bond donors (Lipinski definition) is 1. The molecule has 2 aromatic rings. The molecular weight excluding hydrogens is 270 g/mol. The maximum absolute atomic E-state index is 5.72. The Morgan fingerprint density at radius 3 is 2.09 bits per heavy atom. The van der Waals surface area contributed by atoms with Crippen molar-refractivity contribution in [2.24, 2.45) is 5.92 Å². The summed E-state index contributed by atoms with van der Waals surface area (Å²) in [6, 6.07) is 12.8. The van der Waals surface area contributed by atoms with Crippen LogP contribution in [0.15, 0.2) is 36.4 Å². The standard InChI is InChI=1S/C20H27NO/c1-14(2)13-22-19-8-6-18(7-9-19)12-21-20-16(4)10-15(3)11-17(20)5/h6-11,14,21H,12-13H2,1-5H3. The molecule has 0 aliphatic rings. The maximum Gasteiger partial charge on any atom is 0.119 e. The summed E-state index contributed by atoms with van der Waals surface area (Å²) in [4.78, 5) is 0. The van der Waals surface area contributed by atoms with Gasteiger partial charge in [-0.15, -0.1) is 0 Å². The van der Waals surface area contributed by atoms with Crippen molar-refractivity contribution in [3.63, 3.8) is 0 Å². The van der Waals surface area contributed by atoms with E-state index >= 15 is 0 Å². The molecule has 0 amide bonds. The minimum Gasteiger partial charge on any atom is -0.493 e. The van der Waals surface area contributed by atoms with Crippen LogP contribution >= 0.6 is 0 Å². The summed E-state index contributed by atoms with van der Waals surface area (Å²) in [5.74, 6) is 1.49. The molecule has 0 heterocycles. The lowest BCUT2D eigenvalue weighted by atomic mass is 10.0.